The molecule has 0 spiro atoms. The summed E-state index contributed by atoms with van der Waals surface area (Å²) < 4.78 is 6.18. The lowest BCUT2D eigenvalue weighted by molar-refractivity contribution is -0.151. The van der Waals surface area contributed by atoms with Crippen LogP contribution in [0.3, 0.4) is 0 Å². The molecule has 0 saturated carbocycles. The van der Waals surface area contributed by atoms with Crippen LogP contribution >= 0.6 is 0 Å². The minimum atomic E-state index is -1.67. The minimum absolute atomic E-state index is 0.199. The maximum Gasteiger partial charge on any atom is 0.228 e. The Kier molecular flexibility index (Phi) is 4.98. The molecule has 0 radical (unpaired) electrons. The van der Waals surface area contributed by atoms with E-state index < -0.39 is 8.32 Å². The molecule has 2 atom stereocenters. The largest absolute Gasteiger partial charge is 0.417 e. The van der Waals surface area contributed by atoms with Gasteiger partial charge in [0.05, 0.1) is 5.92 Å². The van der Waals surface area contributed by atoms with Gasteiger partial charge in [-0.15, -0.1) is 0 Å². The Labute approximate surface area is 130 Å². The van der Waals surface area contributed by atoms with Crippen molar-refractivity contribution in [1.82, 2.24) is 4.90 Å². The maximum absolute atomic E-state index is 12.3. The Bertz CT molecular complexity index is 412. The van der Waals surface area contributed by atoms with Crippen molar-refractivity contribution in [2.75, 3.05) is 13.2 Å². The molecule has 1 fully saturated rings. The first-order chi connectivity index (χ1) is 9.72. The molecule has 1 unspecified atom stereocenters. The smallest absolute Gasteiger partial charge is 0.228 e. The zero-order valence-electron chi connectivity index (χ0n) is 14.3. The minimum Gasteiger partial charge on any atom is -0.417 e. The van der Waals surface area contributed by atoms with Gasteiger partial charge in [-0.25, -0.2) is 0 Å². The number of amides is 1. The van der Waals surface area contributed by atoms with Crippen molar-refractivity contribution in [1.29, 1.82) is 0 Å². The summed E-state index contributed by atoms with van der Waals surface area (Å²) in [4.78, 5) is 14.3. The van der Waals surface area contributed by atoms with Crippen molar-refractivity contribution < 1.29 is 9.22 Å². The molecule has 21 heavy (non-hydrogen) atoms. The Morgan fingerprint density at radius 2 is 2.10 bits per heavy atom. The average molecular weight is 310 g/mol. The van der Waals surface area contributed by atoms with E-state index in [0.717, 1.165) is 26.0 Å². The highest BCUT2D eigenvalue weighted by Crippen LogP contribution is 2.37. The van der Waals surface area contributed by atoms with Crippen molar-refractivity contribution in [3.8, 4) is 0 Å². The van der Waals surface area contributed by atoms with Crippen molar-refractivity contribution in [3.05, 3.63) is 12.2 Å². The third kappa shape index (κ3) is 3.78. The maximum atomic E-state index is 12.3. The number of carbonyl (C=O) groups excluding carboxylic acids is 1. The number of hydrogen-bond acceptors (Lipinski definition) is 2. The third-order valence-electron chi connectivity index (χ3n) is 5.41. The second-order valence-corrected chi connectivity index (χ2v) is 12.8. The molecule has 2 aliphatic rings. The summed E-state index contributed by atoms with van der Waals surface area (Å²) in [5, 5.41) is 0.246. The van der Waals surface area contributed by atoms with Gasteiger partial charge in [-0.2, -0.15) is 0 Å². The van der Waals surface area contributed by atoms with Gasteiger partial charge in [0.1, 0.15) is 0 Å². The monoisotopic (exact) mass is 309 g/mol. The second kappa shape index (κ2) is 6.25. The Hall–Kier alpha value is -0.613. The van der Waals surface area contributed by atoms with Gasteiger partial charge in [0.15, 0.2) is 8.32 Å². The van der Waals surface area contributed by atoms with Crippen LogP contribution in [0.25, 0.3) is 0 Å². The molecule has 0 aromatic carbocycles. The number of likely N-dealkylation sites (tertiary alicyclic amines) is 1. The molecule has 3 nitrogen and oxygen atoms in total. The number of nitrogens with zero attached hydrogens (tertiary/aromatic N) is 1. The summed E-state index contributed by atoms with van der Waals surface area (Å²) in [6, 6.07) is 0.365. The molecule has 0 N–H and O–H groups in total. The molecular weight excluding hydrogens is 278 g/mol. The van der Waals surface area contributed by atoms with E-state index in [-0.39, 0.29) is 11.0 Å². The zero-order valence-corrected chi connectivity index (χ0v) is 15.3. The fraction of sp³-hybridized carbons (Fsp3) is 0.824. The fourth-order valence-corrected chi connectivity index (χ4v) is 3.83. The molecule has 1 amide bonds. The highest BCUT2D eigenvalue weighted by Gasteiger charge is 2.41. The third-order valence-corrected chi connectivity index (χ3v) is 9.95. The quantitative estimate of drug-likeness (QED) is 0.437. The molecular formula is C17H31NO2Si. The number of hydrogen-bond donors (Lipinski definition) is 0. The number of carbonyl (C=O) groups is 1. The average Bonchev–Trinajstić information content (AvgIpc) is 2.41. The van der Waals surface area contributed by atoms with E-state index >= 15 is 0 Å². The topological polar surface area (TPSA) is 29.5 Å². The van der Waals surface area contributed by atoms with Gasteiger partial charge in [-0.3, -0.25) is 4.79 Å². The first-order valence-electron chi connectivity index (χ1n) is 8.33. The van der Waals surface area contributed by atoms with Crippen molar-refractivity contribution in [3.63, 3.8) is 0 Å². The summed E-state index contributed by atoms with van der Waals surface area (Å²) in [6.07, 6.45) is 8.83. The van der Waals surface area contributed by atoms with E-state index in [9.17, 15) is 4.79 Å². The first kappa shape index (κ1) is 16.8. The van der Waals surface area contributed by atoms with Gasteiger partial charge < -0.3 is 9.33 Å². The molecule has 4 heteroatoms. The van der Waals surface area contributed by atoms with E-state index in [4.69, 9.17) is 4.43 Å². The zero-order chi connectivity index (χ0) is 15.7. The molecule has 0 aromatic rings. The second-order valence-electron chi connectivity index (χ2n) is 8.01. The predicted molar refractivity (Wildman–Crippen MR) is 89.7 cm³/mol. The summed E-state index contributed by atoms with van der Waals surface area (Å²) >= 11 is 0. The molecule has 1 aliphatic heterocycles. The summed E-state index contributed by atoms with van der Waals surface area (Å²) in [5.74, 6) is 0.537. The molecule has 2 rings (SSSR count). The van der Waals surface area contributed by atoms with Gasteiger partial charge in [0.25, 0.3) is 0 Å². The fourth-order valence-electron chi connectivity index (χ4n) is 2.77. The lowest BCUT2D eigenvalue weighted by atomic mass is 9.90. The highest BCUT2D eigenvalue weighted by molar-refractivity contribution is 6.74. The standard InChI is InChI=1S/C17H31NO2Si/c1-17(2,3)21(4,5)20-12-11-14-13-18(16(14)19)15-9-7-6-8-10-15/h7,9,14-15H,6,8,10-13H2,1-5H3/t14?,15-/m0/s1. The van der Waals surface area contributed by atoms with E-state index in [1.54, 1.807) is 0 Å². The van der Waals surface area contributed by atoms with Crippen LogP contribution < -0.4 is 0 Å². The number of allylic oxidation sites excluding steroid dienone is 1. The van der Waals surface area contributed by atoms with Crippen LogP contribution in [0.4, 0.5) is 0 Å². The van der Waals surface area contributed by atoms with Crippen molar-refractivity contribution in [2.45, 2.75) is 70.6 Å². The van der Waals surface area contributed by atoms with Crippen LogP contribution in [0, 0.1) is 5.92 Å². The van der Waals surface area contributed by atoms with Crippen LogP contribution in [-0.2, 0) is 9.22 Å². The van der Waals surface area contributed by atoms with Crippen LogP contribution in [0.1, 0.15) is 46.5 Å². The Morgan fingerprint density at radius 1 is 1.38 bits per heavy atom. The molecule has 1 heterocycles. The molecule has 120 valence electrons. The van der Waals surface area contributed by atoms with Crippen LogP contribution in [-0.4, -0.2) is 38.3 Å². The van der Waals surface area contributed by atoms with Gasteiger partial charge >= 0.3 is 0 Å². The Morgan fingerprint density at radius 3 is 2.62 bits per heavy atom. The Balaban J connectivity index is 1.73. The molecule has 0 aromatic heterocycles. The van der Waals surface area contributed by atoms with E-state index in [1.807, 2.05) is 4.90 Å². The van der Waals surface area contributed by atoms with Crippen molar-refractivity contribution >= 4 is 14.2 Å². The van der Waals surface area contributed by atoms with Gasteiger partial charge in [-0.05, 0) is 43.8 Å². The molecule has 0 bridgehead atoms. The number of β-lactam (4-membered cyclic amide) rings is 1. The lowest BCUT2D eigenvalue weighted by Crippen LogP contribution is -2.57. The molecule has 1 saturated heterocycles. The highest BCUT2D eigenvalue weighted by atomic mass is 28.4. The molecule has 1 aliphatic carbocycles. The number of rotatable bonds is 5. The predicted octanol–water partition coefficient (Wildman–Crippen LogP) is 3.97. The van der Waals surface area contributed by atoms with Gasteiger partial charge in [0.2, 0.25) is 5.91 Å². The first-order valence-corrected chi connectivity index (χ1v) is 11.2. The summed E-state index contributed by atoms with van der Waals surface area (Å²) in [7, 11) is -1.67. The van der Waals surface area contributed by atoms with Crippen LogP contribution in [0.15, 0.2) is 12.2 Å². The lowest BCUT2D eigenvalue weighted by Gasteiger charge is -2.44. The normalized spacial score (nSPS) is 26.9. The van der Waals surface area contributed by atoms with Crippen LogP contribution in [0.5, 0.6) is 0 Å². The van der Waals surface area contributed by atoms with E-state index in [0.29, 0.717) is 11.9 Å². The summed E-state index contributed by atoms with van der Waals surface area (Å²) in [6.45, 7) is 13.0. The summed E-state index contributed by atoms with van der Waals surface area (Å²) in [5.41, 5.74) is 0. The van der Waals surface area contributed by atoms with Crippen molar-refractivity contribution in [2.24, 2.45) is 5.92 Å². The van der Waals surface area contributed by atoms with Crippen LogP contribution in [0.2, 0.25) is 18.1 Å². The van der Waals surface area contributed by atoms with E-state index in [1.165, 1.54) is 12.8 Å². The van der Waals surface area contributed by atoms with Gasteiger partial charge in [0, 0.05) is 19.2 Å². The van der Waals surface area contributed by atoms with E-state index in [2.05, 4.69) is 46.0 Å². The SMILES string of the molecule is CC(C)(C)[Si](C)(C)OCCC1CN([C@H]2C=CCCC2)C1=O. The van der Waals surface area contributed by atoms with Gasteiger partial charge in [-0.1, -0.05) is 32.9 Å².